The molecule has 8 heteroatoms. The molecule has 1 fully saturated rings. The first-order valence-electron chi connectivity index (χ1n) is 8.44. The van der Waals surface area contributed by atoms with E-state index in [0.29, 0.717) is 0 Å². The zero-order valence-electron chi connectivity index (χ0n) is 14.4. The number of Topliss-reactive ketones (excluding diaryl/α,β-unsaturated/α-hetero) is 1. The second kappa shape index (κ2) is 8.73. The highest BCUT2D eigenvalue weighted by atomic mass is 19.1. The van der Waals surface area contributed by atoms with Crippen molar-refractivity contribution in [1.29, 1.82) is 0 Å². The molecule has 2 rings (SSSR count). The van der Waals surface area contributed by atoms with Crippen molar-refractivity contribution in [1.82, 2.24) is 4.90 Å². The molecule has 0 aliphatic carbocycles. The summed E-state index contributed by atoms with van der Waals surface area (Å²) in [5.41, 5.74) is -0.206. The van der Waals surface area contributed by atoms with Gasteiger partial charge in [0.1, 0.15) is 23.8 Å². The number of rotatable bonds is 6. The summed E-state index contributed by atoms with van der Waals surface area (Å²) < 4.78 is 32.6. The minimum atomic E-state index is -1.21. The third kappa shape index (κ3) is 4.77. The van der Waals surface area contributed by atoms with Crippen LogP contribution in [0.5, 0.6) is 0 Å². The van der Waals surface area contributed by atoms with E-state index in [1.807, 2.05) is 0 Å². The minimum Gasteiger partial charge on any atom is -0.466 e. The van der Waals surface area contributed by atoms with Crippen LogP contribution in [-0.4, -0.2) is 47.0 Å². The molecule has 1 heterocycles. The predicted octanol–water partition coefficient (Wildman–Crippen LogP) is 2.79. The molecule has 1 aliphatic rings. The van der Waals surface area contributed by atoms with E-state index in [1.165, 1.54) is 6.07 Å². The maximum atomic E-state index is 13.9. The van der Waals surface area contributed by atoms with Crippen molar-refractivity contribution < 1.29 is 33.0 Å². The van der Waals surface area contributed by atoms with Gasteiger partial charge in [0.2, 0.25) is 0 Å². The van der Waals surface area contributed by atoms with Crippen LogP contribution >= 0.6 is 0 Å². The Morgan fingerprint density at radius 1 is 1.27 bits per heavy atom. The highest BCUT2D eigenvalue weighted by Gasteiger charge is 2.36. The van der Waals surface area contributed by atoms with Gasteiger partial charge in [-0.2, -0.15) is 0 Å². The lowest BCUT2D eigenvalue weighted by Crippen LogP contribution is -2.48. The third-order valence-corrected chi connectivity index (χ3v) is 4.54. The van der Waals surface area contributed by atoms with Crippen LogP contribution in [0.1, 0.15) is 31.7 Å². The average molecular weight is 369 g/mol. The molecule has 1 amide bonds. The molecule has 0 aromatic heterocycles. The molecule has 26 heavy (non-hydrogen) atoms. The highest BCUT2D eigenvalue weighted by molar-refractivity contribution is 5.96. The van der Waals surface area contributed by atoms with E-state index in [-0.39, 0.29) is 50.2 Å². The molecular weight excluding hydrogens is 348 g/mol. The Balaban J connectivity index is 2.14. The summed E-state index contributed by atoms with van der Waals surface area (Å²) >= 11 is 0. The van der Waals surface area contributed by atoms with Gasteiger partial charge in [0.25, 0.3) is 0 Å². The van der Waals surface area contributed by atoms with Crippen LogP contribution in [0.3, 0.4) is 0 Å². The molecule has 1 aromatic carbocycles. The van der Waals surface area contributed by atoms with Crippen LogP contribution in [-0.2, 0) is 20.7 Å². The fourth-order valence-corrected chi connectivity index (χ4v) is 3.25. The number of carboxylic acid groups (broad SMARTS) is 1. The molecular formula is C18H21F2NO5. The van der Waals surface area contributed by atoms with Crippen molar-refractivity contribution in [2.75, 3.05) is 13.2 Å². The summed E-state index contributed by atoms with van der Waals surface area (Å²) in [5, 5.41) is 9.34. The van der Waals surface area contributed by atoms with E-state index in [2.05, 4.69) is 0 Å². The van der Waals surface area contributed by atoms with Gasteiger partial charge in [0.05, 0.1) is 6.61 Å². The van der Waals surface area contributed by atoms with Gasteiger partial charge in [0.15, 0.2) is 0 Å². The number of esters is 1. The third-order valence-electron chi connectivity index (χ3n) is 4.54. The van der Waals surface area contributed by atoms with Crippen LogP contribution in [0.15, 0.2) is 18.2 Å². The number of amides is 1. The Hall–Kier alpha value is -2.51. The summed E-state index contributed by atoms with van der Waals surface area (Å²) in [5.74, 6) is -3.03. The standard InChI is InChI=1S/C18H21F2NO5/c1-2-26-17(23)10-16(22)11-6-7-21(18(24)25)12(8-11)9-13-14(19)4-3-5-15(13)20/h3-5,11-12H,2,6-10H2,1H3,(H,24,25)/t11-,12-/m1/s1. The Morgan fingerprint density at radius 3 is 2.50 bits per heavy atom. The fraction of sp³-hybridized carbons (Fsp3) is 0.500. The number of nitrogens with zero attached hydrogens (tertiary/aromatic N) is 1. The normalized spacial score (nSPS) is 19.9. The van der Waals surface area contributed by atoms with Crippen molar-refractivity contribution in [2.45, 2.75) is 38.6 Å². The predicted molar refractivity (Wildman–Crippen MR) is 87.6 cm³/mol. The molecule has 2 atom stereocenters. The summed E-state index contributed by atoms with van der Waals surface area (Å²) in [6, 6.07) is 2.70. The number of hydrogen-bond donors (Lipinski definition) is 1. The van der Waals surface area contributed by atoms with Gasteiger partial charge in [-0.3, -0.25) is 9.59 Å². The second-order valence-electron chi connectivity index (χ2n) is 6.20. The van der Waals surface area contributed by atoms with Gasteiger partial charge in [0, 0.05) is 24.1 Å². The highest BCUT2D eigenvalue weighted by Crippen LogP contribution is 2.28. The quantitative estimate of drug-likeness (QED) is 0.616. The average Bonchev–Trinajstić information content (AvgIpc) is 2.58. The van der Waals surface area contributed by atoms with Crippen molar-refractivity contribution >= 4 is 17.8 Å². The topological polar surface area (TPSA) is 83.9 Å². The number of ether oxygens (including phenoxy) is 1. The smallest absolute Gasteiger partial charge is 0.407 e. The number of likely N-dealkylation sites (tertiary alicyclic amines) is 1. The molecule has 0 spiro atoms. The summed E-state index contributed by atoms with van der Waals surface area (Å²) in [6.45, 7) is 1.86. The molecule has 1 aromatic rings. The monoisotopic (exact) mass is 369 g/mol. The largest absolute Gasteiger partial charge is 0.466 e. The van der Waals surface area contributed by atoms with E-state index in [1.54, 1.807) is 6.92 Å². The van der Waals surface area contributed by atoms with Gasteiger partial charge >= 0.3 is 12.1 Å². The number of benzene rings is 1. The van der Waals surface area contributed by atoms with Crippen molar-refractivity contribution in [3.8, 4) is 0 Å². The van der Waals surface area contributed by atoms with Gasteiger partial charge in [-0.15, -0.1) is 0 Å². The van der Waals surface area contributed by atoms with E-state index >= 15 is 0 Å². The molecule has 6 nitrogen and oxygen atoms in total. The molecule has 0 bridgehead atoms. The molecule has 1 saturated heterocycles. The van der Waals surface area contributed by atoms with E-state index < -0.39 is 35.7 Å². The van der Waals surface area contributed by atoms with Crippen molar-refractivity contribution in [3.63, 3.8) is 0 Å². The number of carbonyl (C=O) groups excluding carboxylic acids is 2. The Kier molecular flexibility index (Phi) is 6.65. The number of hydrogen-bond acceptors (Lipinski definition) is 4. The molecule has 142 valence electrons. The number of halogens is 2. The van der Waals surface area contributed by atoms with E-state index in [9.17, 15) is 28.3 Å². The summed E-state index contributed by atoms with van der Waals surface area (Å²) in [7, 11) is 0. The maximum absolute atomic E-state index is 13.9. The van der Waals surface area contributed by atoms with Gasteiger partial charge in [-0.25, -0.2) is 13.6 Å². The lowest BCUT2D eigenvalue weighted by molar-refractivity contribution is -0.146. The molecule has 1 aliphatic heterocycles. The maximum Gasteiger partial charge on any atom is 0.407 e. The Morgan fingerprint density at radius 2 is 1.92 bits per heavy atom. The lowest BCUT2D eigenvalue weighted by Gasteiger charge is -2.37. The SMILES string of the molecule is CCOC(=O)CC(=O)[C@@H]1CCN(C(=O)O)[C@@H](Cc2c(F)cccc2F)C1. The lowest BCUT2D eigenvalue weighted by atomic mass is 9.84. The fourth-order valence-electron chi connectivity index (χ4n) is 3.25. The number of ketones is 1. The molecule has 0 saturated carbocycles. The van der Waals surface area contributed by atoms with Gasteiger partial charge in [-0.05, 0) is 38.3 Å². The van der Waals surface area contributed by atoms with Crippen LogP contribution in [0.4, 0.5) is 13.6 Å². The first-order chi connectivity index (χ1) is 12.3. The molecule has 0 unspecified atom stereocenters. The number of piperidine rings is 1. The van der Waals surface area contributed by atoms with E-state index in [4.69, 9.17) is 4.74 Å². The van der Waals surface area contributed by atoms with Crippen LogP contribution in [0, 0.1) is 17.6 Å². The Labute approximate surface area is 149 Å². The van der Waals surface area contributed by atoms with Crippen molar-refractivity contribution in [3.05, 3.63) is 35.4 Å². The second-order valence-corrected chi connectivity index (χ2v) is 6.20. The first-order valence-corrected chi connectivity index (χ1v) is 8.44. The zero-order chi connectivity index (χ0) is 19.3. The first kappa shape index (κ1) is 19.8. The Bertz CT molecular complexity index is 674. The molecule has 1 N–H and O–H groups in total. The van der Waals surface area contributed by atoms with Gasteiger partial charge in [-0.1, -0.05) is 6.07 Å². The summed E-state index contributed by atoms with van der Waals surface area (Å²) in [6.07, 6.45) is -1.39. The molecule has 0 radical (unpaired) electrons. The van der Waals surface area contributed by atoms with Crippen LogP contribution < -0.4 is 0 Å². The zero-order valence-corrected chi connectivity index (χ0v) is 14.4. The van der Waals surface area contributed by atoms with E-state index in [0.717, 1.165) is 17.0 Å². The minimum absolute atomic E-state index is 0.0648. The summed E-state index contributed by atoms with van der Waals surface area (Å²) in [4.78, 5) is 36.3. The van der Waals surface area contributed by atoms with Crippen LogP contribution in [0.2, 0.25) is 0 Å². The van der Waals surface area contributed by atoms with Gasteiger partial charge < -0.3 is 14.7 Å². The van der Waals surface area contributed by atoms with Crippen molar-refractivity contribution in [2.24, 2.45) is 5.92 Å². The number of carbonyl (C=O) groups is 3. The van der Waals surface area contributed by atoms with Crippen LogP contribution in [0.25, 0.3) is 0 Å².